The van der Waals surface area contributed by atoms with E-state index < -0.39 is 0 Å². The summed E-state index contributed by atoms with van der Waals surface area (Å²) in [6.45, 7) is 4.14. The molecule has 4 heteroatoms. The summed E-state index contributed by atoms with van der Waals surface area (Å²) in [5.41, 5.74) is 7.25. The Kier molecular flexibility index (Phi) is 4.76. The standard InChI is InChI=1S/C16H18ClFN2/c1-10-4-3-5-14(11(10)2)16(20-19)8-12-6-7-13(18)9-15(12)17/h3-7,9,16,20H,8,19H2,1-2H3. The van der Waals surface area contributed by atoms with E-state index in [9.17, 15) is 4.39 Å². The highest BCUT2D eigenvalue weighted by molar-refractivity contribution is 6.31. The van der Waals surface area contributed by atoms with Gasteiger partial charge in [0.1, 0.15) is 5.82 Å². The van der Waals surface area contributed by atoms with Crippen molar-refractivity contribution in [3.8, 4) is 0 Å². The Hall–Kier alpha value is -1.42. The minimum atomic E-state index is -0.331. The van der Waals surface area contributed by atoms with Gasteiger partial charge < -0.3 is 0 Å². The van der Waals surface area contributed by atoms with Gasteiger partial charge in [0.15, 0.2) is 0 Å². The Balaban J connectivity index is 2.31. The van der Waals surface area contributed by atoms with E-state index in [0.29, 0.717) is 11.4 Å². The predicted molar refractivity (Wildman–Crippen MR) is 81.1 cm³/mol. The third kappa shape index (κ3) is 3.18. The molecule has 2 aromatic rings. The van der Waals surface area contributed by atoms with Crippen LogP contribution in [0.5, 0.6) is 0 Å². The summed E-state index contributed by atoms with van der Waals surface area (Å²) in [6.07, 6.45) is 0.611. The number of nitrogens with one attached hydrogen (secondary N) is 1. The fraction of sp³-hybridized carbons (Fsp3) is 0.250. The summed E-state index contributed by atoms with van der Waals surface area (Å²) in [6, 6.07) is 10.5. The van der Waals surface area contributed by atoms with Gasteiger partial charge in [0.05, 0.1) is 6.04 Å². The van der Waals surface area contributed by atoms with E-state index in [1.165, 1.54) is 23.3 Å². The monoisotopic (exact) mass is 292 g/mol. The number of hydrogen-bond acceptors (Lipinski definition) is 2. The van der Waals surface area contributed by atoms with Gasteiger partial charge in [-0.3, -0.25) is 11.3 Å². The van der Waals surface area contributed by atoms with E-state index in [0.717, 1.165) is 11.1 Å². The second-order valence-corrected chi connectivity index (χ2v) is 5.36. The summed E-state index contributed by atoms with van der Waals surface area (Å²) < 4.78 is 13.1. The molecule has 2 nitrogen and oxygen atoms in total. The molecular formula is C16H18ClFN2. The van der Waals surface area contributed by atoms with Crippen LogP contribution in [-0.4, -0.2) is 0 Å². The number of aryl methyl sites for hydroxylation is 1. The maximum atomic E-state index is 13.1. The normalized spacial score (nSPS) is 12.4. The lowest BCUT2D eigenvalue weighted by molar-refractivity contribution is 0.548. The van der Waals surface area contributed by atoms with Gasteiger partial charge >= 0.3 is 0 Å². The van der Waals surface area contributed by atoms with Crippen LogP contribution in [0.2, 0.25) is 5.02 Å². The molecule has 1 atom stereocenters. The van der Waals surface area contributed by atoms with Gasteiger partial charge in [-0.15, -0.1) is 0 Å². The maximum Gasteiger partial charge on any atom is 0.124 e. The molecule has 1 unspecified atom stereocenters. The van der Waals surface area contributed by atoms with Crippen LogP contribution in [0.1, 0.15) is 28.3 Å². The molecule has 0 aliphatic carbocycles. The van der Waals surface area contributed by atoms with Crippen molar-refractivity contribution in [1.82, 2.24) is 5.43 Å². The molecule has 2 rings (SSSR count). The third-order valence-electron chi connectivity index (χ3n) is 3.66. The lowest BCUT2D eigenvalue weighted by Crippen LogP contribution is -2.30. The first-order valence-electron chi connectivity index (χ1n) is 6.49. The molecule has 0 amide bonds. The fourth-order valence-corrected chi connectivity index (χ4v) is 2.56. The first-order valence-corrected chi connectivity index (χ1v) is 6.87. The van der Waals surface area contributed by atoms with Crippen molar-refractivity contribution < 1.29 is 4.39 Å². The molecule has 0 aliphatic rings. The summed E-state index contributed by atoms with van der Waals surface area (Å²) >= 11 is 6.08. The number of hydrazine groups is 1. The summed E-state index contributed by atoms with van der Waals surface area (Å²) in [4.78, 5) is 0. The van der Waals surface area contributed by atoms with E-state index >= 15 is 0 Å². The Morgan fingerprint density at radius 3 is 2.65 bits per heavy atom. The van der Waals surface area contributed by atoms with Crippen LogP contribution in [0.15, 0.2) is 36.4 Å². The molecule has 0 aromatic heterocycles. The second-order valence-electron chi connectivity index (χ2n) is 4.95. The van der Waals surface area contributed by atoms with Crippen LogP contribution in [-0.2, 0) is 6.42 Å². The van der Waals surface area contributed by atoms with Crippen molar-refractivity contribution in [3.05, 3.63) is 69.5 Å². The van der Waals surface area contributed by atoms with Crippen molar-refractivity contribution >= 4 is 11.6 Å². The molecule has 0 saturated heterocycles. The van der Waals surface area contributed by atoms with Crippen LogP contribution in [0, 0.1) is 19.7 Å². The molecule has 20 heavy (non-hydrogen) atoms. The number of hydrogen-bond donors (Lipinski definition) is 2. The summed E-state index contributed by atoms with van der Waals surface area (Å²) in [7, 11) is 0. The lowest BCUT2D eigenvalue weighted by Gasteiger charge is -2.20. The minimum absolute atomic E-state index is 0.0575. The SMILES string of the molecule is Cc1cccc(C(Cc2ccc(F)cc2Cl)NN)c1C. The Morgan fingerprint density at radius 2 is 2.00 bits per heavy atom. The van der Waals surface area contributed by atoms with Gasteiger partial charge in [-0.25, -0.2) is 4.39 Å². The zero-order valence-corrected chi connectivity index (χ0v) is 12.3. The Labute approximate surface area is 123 Å². The molecular weight excluding hydrogens is 275 g/mol. The molecule has 0 aliphatic heterocycles. The minimum Gasteiger partial charge on any atom is -0.271 e. The lowest BCUT2D eigenvalue weighted by atomic mass is 9.93. The average molecular weight is 293 g/mol. The molecule has 0 fully saturated rings. The molecule has 0 spiro atoms. The van der Waals surface area contributed by atoms with Gasteiger partial charge in [-0.1, -0.05) is 35.9 Å². The molecule has 2 aromatic carbocycles. The largest absolute Gasteiger partial charge is 0.271 e. The third-order valence-corrected chi connectivity index (χ3v) is 4.01. The highest BCUT2D eigenvalue weighted by Crippen LogP contribution is 2.26. The average Bonchev–Trinajstić information content (AvgIpc) is 2.42. The van der Waals surface area contributed by atoms with Gasteiger partial charge in [0.2, 0.25) is 0 Å². The van der Waals surface area contributed by atoms with Gasteiger partial charge in [0, 0.05) is 5.02 Å². The van der Waals surface area contributed by atoms with Crippen LogP contribution < -0.4 is 11.3 Å². The Morgan fingerprint density at radius 1 is 1.25 bits per heavy atom. The molecule has 0 heterocycles. The van der Waals surface area contributed by atoms with Crippen molar-refractivity contribution in [2.24, 2.45) is 5.84 Å². The highest BCUT2D eigenvalue weighted by atomic mass is 35.5. The van der Waals surface area contributed by atoms with E-state index in [4.69, 9.17) is 17.4 Å². The van der Waals surface area contributed by atoms with Crippen LogP contribution in [0.25, 0.3) is 0 Å². The zero-order valence-electron chi connectivity index (χ0n) is 11.6. The van der Waals surface area contributed by atoms with Gasteiger partial charge in [0.25, 0.3) is 0 Å². The topological polar surface area (TPSA) is 38.0 Å². The zero-order chi connectivity index (χ0) is 14.7. The number of benzene rings is 2. The van der Waals surface area contributed by atoms with Crippen molar-refractivity contribution in [2.75, 3.05) is 0 Å². The van der Waals surface area contributed by atoms with E-state index in [1.54, 1.807) is 6.07 Å². The number of halogens is 2. The Bertz CT molecular complexity index is 613. The highest BCUT2D eigenvalue weighted by Gasteiger charge is 2.15. The fourth-order valence-electron chi connectivity index (χ4n) is 2.32. The van der Waals surface area contributed by atoms with E-state index in [1.807, 2.05) is 12.1 Å². The number of rotatable bonds is 4. The van der Waals surface area contributed by atoms with Crippen LogP contribution >= 0.6 is 11.6 Å². The first-order chi connectivity index (χ1) is 9.52. The van der Waals surface area contributed by atoms with Crippen molar-refractivity contribution in [1.29, 1.82) is 0 Å². The van der Waals surface area contributed by atoms with Crippen molar-refractivity contribution in [2.45, 2.75) is 26.3 Å². The molecule has 0 saturated carbocycles. The summed E-state index contributed by atoms with van der Waals surface area (Å²) in [5, 5.41) is 0.426. The van der Waals surface area contributed by atoms with Crippen LogP contribution in [0.4, 0.5) is 4.39 Å². The van der Waals surface area contributed by atoms with Crippen LogP contribution in [0.3, 0.4) is 0 Å². The van der Waals surface area contributed by atoms with Gasteiger partial charge in [-0.2, -0.15) is 0 Å². The molecule has 0 bridgehead atoms. The maximum absolute atomic E-state index is 13.1. The summed E-state index contributed by atoms with van der Waals surface area (Å²) in [5.74, 6) is 5.35. The predicted octanol–water partition coefficient (Wildman–Crippen LogP) is 3.84. The smallest absolute Gasteiger partial charge is 0.124 e. The first kappa shape index (κ1) is 15.0. The molecule has 3 N–H and O–H groups in total. The molecule has 0 radical (unpaired) electrons. The number of nitrogens with two attached hydrogens (primary N) is 1. The second kappa shape index (κ2) is 6.35. The van der Waals surface area contributed by atoms with Gasteiger partial charge in [-0.05, 0) is 54.7 Å². The van der Waals surface area contributed by atoms with E-state index in [-0.39, 0.29) is 11.9 Å². The van der Waals surface area contributed by atoms with Crippen molar-refractivity contribution in [3.63, 3.8) is 0 Å². The quantitative estimate of drug-likeness (QED) is 0.664. The van der Waals surface area contributed by atoms with E-state index in [2.05, 4.69) is 25.3 Å². The molecule has 106 valence electrons.